The Kier molecular flexibility index (Phi) is 6.94. The number of halogens is 1. The molecule has 0 unspecified atom stereocenters. The normalized spacial score (nSPS) is 16.4. The van der Waals surface area contributed by atoms with Crippen molar-refractivity contribution in [2.45, 2.75) is 0 Å². The van der Waals surface area contributed by atoms with E-state index in [-0.39, 0.29) is 0 Å². The summed E-state index contributed by atoms with van der Waals surface area (Å²) in [6.45, 7) is 6.43. The largest absolute Gasteiger partial charge is 0.378 e. The van der Waals surface area contributed by atoms with Crippen LogP contribution in [0.2, 0.25) is 5.02 Å². The molecule has 3 aromatic rings. The lowest BCUT2D eigenvalue weighted by molar-refractivity contribution is 0.122. The highest BCUT2D eigenvalue weighted by Crippen LogP contribution is 2.31. The van der Waals surface area contributed by atoms with Crippen LogP contribution in [-0.2, 0) is 9.47 Å². The Morgan fingerprint density at radius 3 is 2.18 bits per heavy atom. The van der Waals surface area contributed by atoms with Gasteiger partial charge in [-0.2, -0.15) is 4.98 Å². The number of pyridine rings is 1. The Hall–Kier alpha value is -3.14. The number of nitrogens with zero attached hydrogens (tertiary/aromatic N) is 6. The fourth-order valence-electron chi connectivity index (χ4n) is 4.12. The lowest BCUT2D eigenvalue weighted by Gasteiger charge is -2.33. The number of morpholine rings is 2. The number of ether oxygens (including phenoxy) is 2. The number of benzene rings is 1. The average molecular weight is 482 g/mol. The van der Waals surface area contributed by atoms with E-state index in [9.17, 15) is 0 Å². The zero-order chi connectivity index (χ0) is 23.3. The Balaban J connectivity index is 1.42. The van der Waals surface area contributed by atoms with Gasteiger partial charge in [0.15, 0.2) is 0 Å². The second-order valence-electron chi connectivity index (χ2n) is 8.22. The van der Waals surface area contributed by atoms with Crippen LogP contribution in [0.3, 0.4) is 0 Å². The molecule has 1 aromatic carbocycles. The van der Waals surface area contributed by atoms with Gasteiger partial charge in [-0.25, -0.2) is 4.98 Å². The van der Waals surface area contributed by atoms with Gasteiger partial charge in [-0.1, -0.05) is 11.6 Å². The first-order valence-electron chi connectivity index (χ1n) is 11.4. The molecule has 0 atom stereocenters. The fourth-order valence-corrected chi connectivity index (χ4v) is 4.29. The van der Waals surface area contributed by atoms with Gasteiger partial charge in [-0.15, -0.1) is 0 Å². The molecule has 4 heterocycles. The molecule has 0 saturated carbocycles. The number of rotatable bonds is 6. The molecule has 2 aliphatic heterocycles. The smallest absolute Gasteiger partial charge is 0.229 e. The lowest BCUT2D eigenvalue weighted by atomic mass is 10.2. The Morgan fingerprint density at radius 2 is 1.56 bits per heavy atom. The monoisotopic (exact) mass is 481 g/mol. The molecule has 2 aliphatic rings. The summed E-state index contributed by atoms with van der Waals surface area (Å²) in [6.07, 6.45) is 5.11. The molecule has 2 saturated heterocycles. The van der Waals surface area contributed by atoms with Gasteiger partial charge in [0.2, 0.25) is 5.95 Å². The number of hydrogen-bond donors (Lipinski definition) is 1. The van der Waals surface area contributed by atoms with E-state index in [0.29, 0.717) is 11.0 Å². The van der Waals surface area contributed by atoms with Crippen molar-refractivity contribution in [2.24, 2.45) is 0 Å². The van der Waals surface area contributed by atoms with E-state index in [4.69, 9.17) is 26.1 Å². The molecule has 10 heteroatoms. The minimum atomic E-state index is 0.520. The van der Waals surface area contributed by atoms with Crippen molar-refractivity contribution in [1.82, 2.24) is 15.0 Å². The predicted octanol–water partition coefficient (Wildman–Crippen LogP) is 3.71. The SMILES string of the molecule is CN(c1cncc(Cl)c1)c1ccnc(Nc2cc(N3CCOCC3)cc(N3CCOCC3)c2)n1. The highest BCUT2D eigenvalue weighted by atomic mass is 35.5. The van der Waals surface area contributed by atoms with E-state index in [1.165, 1.54) is 0 Å². The summed E-state index contributed by atoms with van der Waals surface area (Å²) in [7, 11) is 1.93. The molecule has 0 spiro atoms. The fraction of sp³-hybridized carbons (Fsp3) is 0.375. The van der Waals surface area contributed by atoms with E-state index in [0.717, 1.165) is 81.2 Å². The third-order valence-electron chi connectivity index (χ3n) is 5.97. The van der Waals surface area contributed by atoms with Crippen LogP contribution in [0.15, 0.2) is 48.9 Å². The van der Waals surface area contributed by atoms with Crippen molar-refractivity contribution in [3.63, 3.8) is 0 Å². The van der Waals surface area contributed by atoms with Crippen LogP contribution in [0.4, 0.5) is 34.5 Å². The summed E-state index contributed by atoms with van der Waals surface area (Å²) in [4.78, 5) is 20.0. The van der Waals surface area contributed by atoms with Crippen LogP contribution in [0, 0.1) is 0 Å². The van der Waals surface area contributed by atoms with Crippen molar-refractivity contribution in [3.05, 3.63) is 53.9 Å². The summed E-state index contributed by atoms with van der Waals surface area (Å²) >= 11 is 6.11. The standard InChI is InChI=1S/C24H28ClN7O2/c1-30(22-12-18(25)16-26-17-22)23-2-3-27-24(29-23)28-19-13-20(31-4-8-33-9-5-31)15-21(14-19)32-6-10-34-11-7-32/h2-3,12-17H,4-11H2,1H3,(H,27,28,29). The van der Waals surface area contributed by atoms with Crippen molar-refractivity contribution in [2.75, 3.05) is 79.7 Å². The van der Waals surface area contributed by atoms with Crippen LogP contribution < -0.4 is 20.0 Å². The second-order valence-corrected chi connectivity index (χ2v) is 8.66. The first kappa shape index (κ1) is 22.6. The molecule has 0 radical (unpaired) electrons. The number of aromatic nitrogens is 3. The summed E-state index contributed by atoms with van der Waals surface area (Å²) in [5.41, 5.74) is 4.11. The topological polar surface area (TPSA) is 78.9 Å². The summed E-state index contributed by atoms with van der Waals surface area (Å²) in [5.74, 6) is 1.26. The first-order chi connectivity index (χ1) is 16.7. The van der Waals surface area contributed by atoms with E-state index in [2.05, 4.69) is 43.3 Å². The maximum absolute atomic E-state index is 6.11. The third kappa shape index (κ3) is 5.32. The van der Waals surface area contributed by atoms with Crippen LogP contribution in [0.25, 0.3) is 0 Å². The molecule has 34 heavy (non-hydrogen) atoms. The summed E-state index contributed by atoms with van der Waals surface area (Å²) < 4.78 is 11.1. The highest BCUT2D eigenvalue weighted by Gasteiger charge is 2.18. The Labute approximate surface area is 204 Å². The van der Waals surface area contributed by atoms with Crippen molar-refractivity contribution < 1.29 is 9.47 Å². The molecule has 9 nitrogen and oxygen atoms in total. The molecule has 0 bridgehead atoms. The Morgan fingerprint density at radius 1 is 0.912 bits per heavy atom. The van der Waals surface area contributed by atoms with E-state index in [1.807, 2.05) is 24.1 Å². The van der Waals surface area contributed by atoms with E-state index >= 15 is 0 Å². The van der Waals surface area contributed by atoms with Crippen molar-refractivity contribution >= 4 is 46.1 Å². The number of hydrogen-bond acceptors (Lipinski definition) is 9. The number of nitrogens with one attached hydrogen (secondary N) is 1. The van der Waals surface area contributed by atoms with Gasteiger partial charge < -0.3 is 29.5 Å². The molecular formula is C24H28ClN7O2. The molecule has 0 amide bonds. The second kappa shape index (κ2) is 10.4. The lowest BCUT2D eigenvalue weighted by Crippen LogP contribution is -2.38. The molecule has 5 rings (SSSR count). The minimum absolute atomic E-state index is 0.520. The molecule has 178 valence electrons. The van der Waals surface area contributed by atoms with Gasteiger partial charge in [0.25, 0.3) is 0 Å². The molecule has 2 aromatic heterocycles. The van der Waals surface area contributed by atoms with Crippen LogP contribution in [0.1, 0.15) is 0 Å². The zero-order valence-electron chi connectivity index (χ0n) is 19.2. The van der Waals surface area contributed by atoms with Gasteiger partial charge in [0.05, 0.1) is 43.3 Å². The molecule has 1 N–H and O–H groups in total. The van der Waals surface area contributed by atoms with E-state index in [1.54, 1.807) is 18.6 Å². The minimum Gasteiger partial charge on any atom is -0.378 e. The van der Waals surface area contributed by atoms with E-state index < -0.39 is 0 Å². The Bertz CT molecular complexity index is 1080. The number of anilines is 6. The average Bonchev–Trinajstić information content (AvgIpc) is 2.89. The first-order valence-corrected chi connectivity index (χ1v) is 11.8. The molecule has 0 aliphatic carbocycles. The van der Waals surface area contributed by atoms with Crippen molar-refractivity contribution in [1.29, 1.82) is 0 Å². The zero-order valence-corrected chi connectivity index (χ0v) is 19.9. The van der Waals surface area contributed by atoms with Gasteiger partial charge in [0.1, 0.15) is 5.82 Å². The highest BCUT2D eigenvalue weighted by molar-refractivity contribution is 6.30. The van der Waals surface area contributed by atoms with Gasteiger partial charge in [0, 0.05) is 62.7 Å². The van der Waals surface area contributed by atoms with Gasteiger partial charge >= 0.3 is 0 Å². The summed E-state index contributed by atoms with van der Waals surface area (Å²) in [6, 6.07) is 10.3. The summed E-state index contributed by atoms with van der Waals surface area (Å²) in [5, 5.41) is 3.99. The van der Waals surface area contributed by atoms with Crippen LogP contribution in [0.5, 0.6) is 0 Å². The van der Waals surface area contributed by atoms with Crippen molar-refractivity contribution in [3.8, 4) is 0 Å². The maximum atomic E-state index is 6.11. The van der Waals surface area contributed by atoms with Gasteiger partial charge in [-0.3, -0.25) is 4.98 Å². The van der Waals surface area contributed by atoms with Crippen LogP contribution >= 0.6 is 11.6 Å². The predicted molar refractivity (Wildman–Crippen MR) is 135 cm³/mol. The maximum Gasteiger partial charge on any atom is 0.229 e. The molecule has 2 fully saturated rings. The van der Waals surface area contributed by atoms with Crippen LogP contribution in [-0.4, -0.2) is 74.6 Å². The molecular weight excluding hydrogens is 454 g/mol. The van der Waals surface area contributed by atoms with Gasteiger partial charge in [-0.05, 0) is 30.3 Å². The quantitative estimate of drug-likeness (QED) is 0.566. The third-order valence-corrected chi connectivity index (χ3v) is 6.18.